The number of carboxylic acids is 1. The Bertz CT molecular complexity index is 450. The Balaban J connectivity index is 1.26. The number of aliphatic carboxylic acids is 1. The second kappa shape index (κ2) is 5.94. The van der Waals surface area contributed by atoms with Gasteiger partial charge in [-0.1, -0.05) is 30.3 Å². The molecule has 3 rings (SSSR count). The number of ether oxygens (including phenoxy) is 1. The first-order valence-corrected chi connectivity index (χ1v) is 7.32. The van der Waals surface area contributed by atoms with Crippen LogP contribution in [0.4, 0.5) is 0 Å². The zero-order valence-corrected chi connectivity index (χ0v) is 11.6. The van der Waals surface area contributed by atoms with Crippen LogP contribution in [0.25, 0.3) is 0 Å². The van der Waals surface area contributed by atoms with Gasteiger partial charge in [-0.3, -0.25) is 4.79 Å². The number of hydrogen-bond acceptors (Lipinski definition) is 3. The number of likely N-dealkylation sites (tertiary alicyclic amines) is 1. The van der Waals surface area contributed by atoms with E-state index < -0.39 is 5.97 Å². The number of carbonyl (C=O) groups is 1. The Hall–Kier alpha value is -1.39. The lowest BCUT2D eigenvalue weighted by Crippen LogP contribution is -2.27. The van der Waals surface area contributed by atoms with Crippen LogP contribution in [0.5, 0.6) is 0 Å². The van der Waals surface area contributed by atoms with Gasteiger partial charge in [0.25, 0.3) is 0 Å². The summed E-state index contributed by atoms with van der Waals surface area (Å²) in [6.07, 6.45) is 1.02. The predicted octanol–water partition coefficient (Wildman–Crippen LogP) is 1.86. The van der Waals surface area contributed by atoms with Gasteiger partial charge in [0.05, 0.1) is 12.5 Å². The maximum Gasteiger partial charge on any atom is 0.307 e. The summed E-state index contributed by atoms with van der Waals surface area (Å²) in [5.74, 6) is 0.168. The van der Waals surface area contributed by atoms with Crippen molar-refractivity contribution in [1.29, 1.82) is 0 Å². The highest BCUT2D eigenvalue weighted by Gasteiger charge is 2.59. The summed E-state index contributed by atoms with van der Waals surface area (Å²) in [6, 6.07) is 10.2. The third kappa shape index (κ3) is 3.02. The molecular formula is C16H21NO3. The molecule has 1 aliphatic heterocycles. The molecular weight excluding hydrogens is 254 g/mol. The van der Waals surface area contributed by atoms with Crippen molar-refractivity contribution < 1.29 is 14.6 Å². The SMILES string of the molecule is O=C(O)C1[C@H]2CN(CCCOCc3ccccc3)C[C@@H]12. The van der Waals surface area contributed by atoms with E-state index in [1.807, 2.05) is 18.2 Å². The predicted molar refractivity (Wildman–Crippen MR) is 75.3 cm³/mol. The molecule has 1 unspecified atom stereocenters. The molecule has 0 spiro atoms. The highest BCUT2D eigenvalue weighted by atomic mass is 16.5. The molecule has 0 radical (unpaired) electrons. The number of benzene rings is 1. The second-order valence-electron chi connectivity index (χ2n) is 5.84. The molecule has 1 aromatic rings. The first-order valence-electron chi connectivity index (χ1n) is 7.32. The monoisotopic (exact) mass is 275 g/mol. The number of carboxylic acid groups (broad SMARTS) is 1. The molecule has 1 N–H and O–H groups in total. The third-order valence-corrected chi connectivity index (χ3v) is 4.43. The van der Waals surface area contributed by atoms with Crippen LogP contribution in [-0.2, 0) is 16.1 Å². The summed E-state index contributed by atoms with van der Waals surface area (Å²) in [4.78, 5) is 13.3. The van der Waals surface area contributed by atoms with Crippen molar-refractivity contribution in [2.24, 2.45) is 17.8 Å². The normalized spacial score (nSPS) is 28.3. The summed E-state index contributed by atoms with van der Waals surface area (Å²) in [6.45, 7) is 4.38. The van der Waals surface area contributed by atoms with Gasteiger partial charge in [0.15, 0.2) is 0 Å². The fraction of sp³-hybridized carbons (Fsp3) is 0.562. The van der Waals surface area contributed by atoms with E-state index in [1.54, 1.807) is 0 Å². The number of piperidine rings is 1. The third-order valence-electron chi connectivity index (χ3n) is 4.43. The molecule has 1 heterocycles. The average Bonchev–Trinajstić information content (AvgIpc) is 2.97. The molecule has 0 amide bonds. The van der Waals surface area contributed by atoms with Crippen LogP contribution < -0.4 is 0 Å². The highest BCUT2D eigenvalue weighted by molar-refractivity contribution is 5.74. The fourth-order valence-corrected chi connectivity index (χ4v) is 3.32. The Morgan fingerprint density at radius 2 is 1.95 bits per heavy atom. The maximum atomic E-state index is 10.9. The molecule has 1 saturated heterocycles. The lowest BCUT2D eigenvalue weighted by Gasteiger charge is -2.18. The molecule has 2 fully saturated rings. The molecule has 20 heavy (non-hydrogen) atoms. The summed E-state index contributed by atoms with van der Waals surface area (Å²) >= 11 is 0. The lowest BCUT2D eigenvalue weighted by molar-refractivity contribution is -0.139. The molecule has 3 atom stereocenters. The quantitative estimate of drug-likeness (QED) is 0.772. The van der Waals surface area contributed by atoms with Crippen molar-refractivity contribution in [3.63, 3.8) is 0 Å². The number of hydrogen-bond donors (Lipinski definition) is 1. The largest absolute Gasteiger partial charge is 0.481 e. The van der Waals surface area contributed by atoms with E-state index in [-0.39, 0.29) is 5.92 Å². The minimum absolute atomic E-state index is 0.0550. The van der Waals surface area contributed by atoms with Crippen molar-refractivity contribution in [3.05, 3.63) is 35.9 Å². The van der Waals surface area contributed by atoms with E-state index in [0.29, 0.717) is 18.4 Å². The fourth-order valence-electron chi connectivity index (χ4n) is 3.32. The zero-order valence-electron chi connectivity index (χ0n) is 11.6. The van der Waals surface area contributed by atoms with Gasteiger partial charge in [-0.15, -0.1) is 0 Å². The maximum absolute atomic E-state index is 10.9. The number of nitrogens with zero attached hydrogens (tertiary/aromatic N) is 1. The first-order chi connectivity index (χ1) is 9.75. The van der Waals surface area contributed by atoms with Crippen LogP contribution in [0.2, 0.25) is 0 Å². The Kier molecular flexibility index (Phi) is 4.03. The second-order valence-corrected chi connectivity index (χ2v) is 5.84. The first kappa shape index (κ1) is 13.6. The van der Waals surface area contributed by atoms with Crippen LogP contribution in [-0.4, -0.2) is 42.2 Å². The molecule has 108 valence electrons. The van der Waals surface area contributed by atoms with Gasteiger partial charge in [-0.05, 0) is 23.8 Å². The van der Waals surface area contributed by atoms with Crippen LogP contribution in [0.15, 0.2) is 30.3 Å². The molecule has 4 nitrogen and oxygen atoms in total. The van der Waals surface area contributed by atoms with Gasteiger partial charge < -0.3 is 14.7 Å². The highest BCUT2D eigenvalue weighted by Crippen LogP contribution is 2.51. The van der Waals surface area contributed by atoms with Crippen molar-refractivity contribution in [3.8, 4) is 0 Å². The number of rotatable bonds is 7. The van der Waals surface area contributed by atoms with Gasteiger partial charge in [-0.25, -0.2) is 0 Å². The number of fused-ring (bicyclic) bond motifs is 1. The van der Waals surface area contributed by atoms with E-state index in [4.69, 9.17) is 9.84 Å². The summed E-state index contributed by atoms with van der Waals surface area (Å²) in [5.41, 5.74) is 1.21. The van der Waals surface area contributed by atoms with Crippen LogP contribution in [0.3, 0.4) is 0 Å². The van der Waals surface area contributed by atoms with Gasteiger partial charge in [0.2, 0.25) is 0 Å². The summed E-state index contributed by atoms with van der Waals surface area (Å²) in [5, 5.41) is 8.96. The van der Waals surface area contributed by atoms with Crippen molar-refractivity contribution in [1.82, 2.24) is 4.90 Å². The molecule has 1 aromatic carbocycles. The average molecular weight is 275 g/mol. The van der Waals surface area contributed by atoms with Crippen molar-refractivity contribution in [2.45, 2.75) is 13.0 Å². The van der Waals surface area contributed by atoms with Crippen molar-refractivity contribution >= 4 is 5.97 Å². The van der Waals surface area contributed by atoms with Gasteiger partial charge in [-0.2, -0.15) is 0 Å². The van der Waals surface area contributed by atoms with E-state index in [9.17, 15) is 4.79 Å². The zero-order chi connectivity index (χ0) is 13.9. The van der Waals surface area contributed by atoms with E-state index >= 15 is 0 Å². The Morgan fingerprint density at radius 3 is 2.60 bits per heavy atom. The van der Waals surface area contributed by atoms with E-state index in [0.717, 1.165) is 32.7 Å². The van der Waals surface area contributed by atoms with E-state index in [2.05, 4.69) is 17.0 Å². The Morgan fingerprint density at radius 1 is 1.25 bits per heavy atom. The summed E-state index contributed by atoms with van der Waals surface area (Å²) in [7, 11) is 0. The minimum Gasteiger partial charge on any atom is -0.481 e. The topological polar surface area (TPSA) is 49.8 Å². The lowest BCUT2D eigenvalue weighted by atomic mass is 10.2. The molecule has 2 aliphatic rings. The Labute approximate surface area is 119 Å². The molecule has 1 saturated carbocycles. The van der Waals surface area contributed by atoms with Crippen LogP contribution in [0.1, 0.15) is 12.0 Å². The molecule has 1 aliphatic carbocycles. The minimum atomic E-state index is -0.606. The summed E-state index contributed by atoms with van der Waals surface area (Å²) < 4.78 is 5.66. The molecule has 0 aromatic heterocycles. The van der Waals surface area contributed by atoms with E-state index in [1.165, 1.54) is 5.56 Å². The van der Waals surface area contributed by atoms with Crippen LogP contribution in [0, 0.1) is 17.8 Å². The molecule has 0 bridgehead atoms. The smallest absolute Gasteiger partial charge is 0.307 e. The standard InChI is InChI=1S/C16H21NO3/c18-16(19)15-13-9-17(10-14(13)15)7-4-8-20-11-12-5-2-1-3-6-12/h1-3,5-6,13-15H,4,7-11H2,(H,18,19)/t13-,14+,15?. The van der Waals surface area contributed by atoms with Crippen LogP contribution >= 0.6 is 0 Å². The van der Waals surface area contributed by atoms with Gasteiger partial charge >= 0.3 is 5.97 Å². The van der Waals surface area contributed by atoms with Gasteiger partial charge in [0, 0.05) is 26.2 Å². The van der Waals surface area contributed by atoms with Crippen molar-refractivity contribution in [2.75, 3.05) is 26.2 Å². The van der Waals surface area contributed by atoms with Gasteiger partial charge in [0.1, 0.15) is 0 Å². The molecule has 4 heteroatoms.